The molecule has 2 aromatic rings. The molecule has 0 fully saturated rings. The molecule has 0 saturated heterocycles. The van der Waals surface area contributed by atoms with Crippen molar-refractivity contribution in [2.24, 2.45) is 5.73 Å². The summed E-state index contributed by atoms with van der Waals surface area (Å²) in [6.45, 7) is 0.249. The minimum absolute atomic E-state index is 0.249. The Morgan fingerprint density at radius 3 is 2.88 bits per heavy atom. The Morgan fingerprint density at radius 2 is 2.29 bits per heavy atom. The highest BCUT2D eigenvalue weighted by Crippen LogP contribution is 2.13. The van der Waals surface area contributed by atoms with Gasteiger partial charge in [0, 0.05) is 17.3 Å². The van der Waals surface area contributed by atoms with Crippen LogP contribution in [0.15, 0.2) is 35.1 Å². The SMILES string of the molecule is NC(=O)c1ccc(F)c(Cn2cc(Br)cn2)c1. The quantitative estimate of drug-likeness (QED) is 0.941. The third-order valence-electron chi connectivity index (χ3n) is 2.26. The number of nitrogens with two attached hydrogens (primary N) is 1. The number of benzene rings is 1. The molecule has 0 aliphatic rings. The zero-order valence-corrected chi connectivity index (χ0v) is 10.3. The van der Waals surface area contributed by atoms with Gasteiger partial charge in [0.1, 0.15) is 5.82 Å². The summed E-state index contributed by atoms with van der Waals surface area (Å²) in [5.74, 6) is -0.963. The van der Waals surface area contributed by atoms with E-state index in [1.165, 1.54) is 18.2 Å². The average molecular weight is 298 g/mol. The number of rotatable bonds is 3. The Morgan fingerprint density at radius 1 is 1.53 bits per heavy atom. The summed E-state index contributed by atoms with van der Waals surface area (Å²) in [6, 6.07) is 4.03. The lowest BCUT2D eigenvalue weighted by Gasteiger charge is -2.05. The number of aromatic nitrogens is 2. The maximum absolute atomic E-state index is 13.5. The van der Waals surface area contributed by atoms with Crippen LogP contribution >= 0.6 is 15.9 Å². The number of primary amides is 1. The van der Waals surface area contributed by atoms with Gasteiger partial charge in [-0.25, -0.2) is 4.39 Å². The number of hydrogen-bond donors (Lipinski definition) is 1. The zero-order valence-electron chi connectivity index (χ0n) is 8.73. The highest BCUT2D eigenvalue weighted by molar-refractivity contribution is 9.10. The van der Waals surface area contributed by atoms with Gasteiger partial charge in [-0.2, -0.15) is 5.10 Å². The van der Waals surface area contributed by atoms with Crippen LogP contribution in [0.2, 0.25) is 0 Å². The predicted octanol–water partition coefficient (Wildman–Crippen LogP) is 1.93. The monoisotopic (exact) mass is 297 g/mol. The molecule has 0 radical (unpaired) electrons. The van der Waals surface area contributed by atoms with E-state index in [9.17, 15) is 9.18 Å². The predicted molar refractivity (Wildman–Crippen MR) is 63.9 cm³/mol. The minimum Gasteiger partial charge on any atom is -0.366 e. The normalized spacial score (nSPS) is 10.5. The van der Waals surface area contributed by atoms with Gasteiger partial charge < -0.3 is 5.73 Å². The van der Waals surface area contributed by atoms with E-state index in [1.54, 1.807) is 17.1 Å². The number of carbonyl (C=O) groups is 1. The molecule has 17 heavy (non-hydrogen) atoms. The van der Waals surface area contributed by atoms with Crippen molar-refractivity contribution in [3.63, 3.8) is 0 Å². The lowest BCUT2D eigenvalue weighted by atomic mass is 10.1. The van der Waals surface area contributed by atoms with Crippen LogP contribution in [-0.4, -0.2) is 15.7 Å². The van der Waals surface area contributed by atoms with Crippen molar-refractivity contribution in [3.8, 4) is 0 Å². The molecule has 6 heteroatoms. The molecule has 1 aromatic carbocycles. The van der Waals surface area contributed by atoms with Crippen molar-refractivity contribution in [2.75, 3.05) is 0 Å². The second kappa shape index (κ2) is 4.67. The first-order valence-corrected chi connectivity index (χ1v) is 5.62. The van der Waals surface area contributed by atoms with Gasteiger partial charge in [-0.1, -0.05) is 0 Å². The Hall–Kier alpha value is -1.69. The number of carbonyl (C=O) groups excluding carboxylic acids is 1. The van der Waals surface area contributed by atoms with E-state index in [0.717, 1.165) is 4.47 Å². The maximum Gasteiger partial charge on any atom is 0.248 e. The molecule has 1 amide bonds. The standard InChI is InChI=1S/C11H9BrFN3O/c12-9-4-15-16(6-9)5-8-3-7(11(14)17)1-2-10(8)13/h1-4,6H,5H2,(H2,14,17). The number of amides is 1. The van der Waals surface area contributed by atoms with Crippen LogP contribution in [0, 0.1) is 5.82 Å². The van der Waals surface area contributed by atoms with Gasteiger partial charge in [-0.3, -0.25) is 9.48 Å². The Bertz CT molecular complexity index is 568. The van der Waals surface area contributed by atoms with Crippen LogP contribution in [0.4, 0.5) is 4.39 Å². The highest BCUT2D eigenvalue weighted by atomic mass is 79.9. The smallest absolute Gasteiger partial charge is 0.248 e. The summed E-state index contributed by atoms with van der Waals surface area (Å²) in [5.41, 5.74) is 5.80. The average Bonchev–Trinajstić information content (AvgIpc) is 2.67. The molecule has 0 spiro atoms. The number of hydrogen-bond acceptors (Lipinski definition) is 2. The van der Waals surface area contributed by atoms with E-state index in [1.807, 2.05) is 0 Å². The lowest BCUT2D eigenvalue weighted by molar-refractivity contribution is 0.1000. The fourth-order valence-corrected chi connectivity index (χ4v) is 1.78. The van der Waals surface area contributed by atoms with E-state index in [-0.39, 0.29) is 17.9 Å². The van der Waals surface area contributed by atoms with Gasteiger partial charge in [-0.15, -0.1) is 0 Å². The summed E-state index contributed by atoms with van der Waals surface area (Å²) in [6.07, 6.45) is 3.33. The molecule has 1 heterocycles. The van der Waals surface area contributed by atoms with E-state index in [4.69, 9.17) is 5.73 Å². The molecular formula is C11H9BrFN3O. The summed E-state index contributed by atoms with van der Waals surface area (Å²) in [4.78, 5) is 11.0. The number of nitrogens with zero attached hydrogens (tertiary/aromatic N) is 2. The van der Waals surface area contributed by atoms with Crippen LogP contribution in [0.25, 0.3) is 0 Å². The van der Waals surface area contributed by atoms with Gasteiger partial charge in [0.15, 0.2) is 0 Å². The van der Waals surface area contributed by atoms with Crippen molar-refractivity contribution in [3.05, 3.63) is 52.0 Å². The third kappa shape index (κ3) is 2.71. The Labute approximate surface area is 105 Å². The van der Waals surface area contributed by atoms with Crippen molar-refractivity contribution in [2.45, 2.75) is 6.54 Å². The molecule has 88 valence electrons. The van der Waals surface area contributed by atoms with Gasteiger partial charge in [0.2, 0.25) is 5.91 Å². The molecule has 1 aromatic heterocycles. The second-order valence-electron chi connectivity index (χ2n) is 3.53. The summed E-state index contributed by atoms with van der Waals surface area (Å²) in [7, 11) is 0. The Kier molecular flexibility index (Phi) is 3.23. The topological polar surface area (TPSA) is 60.9 Å². The zero-order chi connectivity index (χ0) is 12.4. The first kappa shape index (κ1) is 11.8. The van der Waals surface area contributed by atoms with Crippen molar-refractivity contribution in [1.82, 2.24) is 9.78 Å². The first-order valence-electron chi connectivity index (χ1n) is 4.82. The molecule has 0 aliphatic carbocycles. The molecule has 2 N–H and O–H groups in total. The van der Waals surface area contributed by atoms with Gasteiger partial charge in [0.05, 0.1) is 17.2 Å². The van der Waals surface area contributed by atoms with E-state index in [2.05, 4.69) is 21.0 Å². The molecule has 0 bridgehead atoms. The fourth-order valence-electron chi connectivity index (χ4n) is 1.45. The van der Waals surface area contributed by atoms with Crippen molar-refractivity contribution in [1.29, 1.82) is 0 Å². The van der Waals surface area contributed by atoms with Crippen LogP contribution in [0.3, 0.4) is 0 Å². The van der Waals surface area contributed by atoms with Gasteiger partial charge in [0.25, 0.3) is 0 Å². The molecule has 0 aliphatic heterocycles. The van der Waals surface area contributed by atoms with Crippen molar-refractivity contribution < 1.29 is 9.18 Å². The summed E-state index contributed by atoms with van der Waals surface area (Å²) >= 11 is 3.25. The molecule has 0 atom stereocenters. The lowest BCUT2D eigenvalue weighted by Crippen LogP contribution is -2.12. The fraction of sp³-hybridized carbons (Fsp3) is 0.0909. The third-order valence-corrected chi connectivity index (χ3v) is 2.67. The van der Waals surface area contributed by atoms with Crippen LogP contribution < -0.4 is 5.73 Å². The van der Waals surface area contributed by atoms with E-state index >= 15 is 0 Å². The minimum atomic E-state index is -0.576. The van der Waals surface area contributed by atoms with Crippen LogP contribution in [-0.2, 0) is 6.54 Å². The maximum atomic E-state index is 13.5. The van der Waals surface area contributed by atoms with Gasteiger partial charge >= 0.3 is 0 Å². The summed E-state index contributed by atoms with van der Waals surface area (Å²) < 4.78 is 15.9. The number of halogens is 2. The summed E-state index contributed by atoms with van der Waals surface area (Å²) in [5, 5.41) is 4.01. The van der Waals surface area contributed by atoms with E-state index < -0.39 is 5.91 Å². The molecule has 2 rings (SSSR count). The van der Waals surface area contributed by atoms with Crippen molar-refractivity contribution >= 4 is 21.8 Å². The largest absolute Gasteiger partial charge is 0.366 e. The molecular weight excluding hydrogens is 289 g/mol. The van der Waals surface area contributed by atoms with Crippen LogP contribution in [0.1, 0.15) is 15.9 Å². The highest BCUT2D eigenvalue weighted by Gasteiger charge is 2.08. The second-order valence-corrected chi connectivity index (χ2v) is 4.44. The van der Waals surface area contributed by atoms with Crippen LogP contribution in [0.5, 0.6) is 0 Å². The molecule has 0 unspecified atom stereocenters. The molecule has 4 nitrogen and oxygen atoms in total. The van der Waals surface area contributed by atoms with Gasteiger partial charge in [-0.05, 0) is 34.1 Å². The molecule has 0 saturated carbocycles. The first-order chi connectivity index (χ1) is 8.06. The van der Waals surface area contributed by atoms with E-state index in [0.29, 0.717) is 5.56 Å². The Balaban J connectivity index is 2.31.